The van der Waals surface area contributed by atoms with E-state index in [-0.39, 0.29) is 17.5 Å². The summed E-state index contributed by atoms with van der Waals surface area (Å²) in [6.07, 6.45) is 10.1. The number of hydrogen-bond acceptors (Lipinski definition) is 7. The summed E-state index contributed by atoms with van der Waals surface area (Å²) >= 11 is 4.78. The van der Waals surface area contributed by atoms with Gasteiger partial charge in [-0.05, 0) is 61.7 Å². The number of halogens is 3. The number of alkyl halides is 3. The molecule has 1 aliphatic heterocycles. The molecular formula is C26H24ClF2N5O3. The number of nitrogens with one attached hydrogen (secondary N) is 3. The molecule has 1 aliphatic rings. The number of carbonyl (C=O) groups is 1. The number of rotatable bonds is 9. The minimum Gasteiger partial charge on any atom is -0.420 e. The molecule has 2 aromatic heterocycles. The minimum absolute atomic E-state index is 0.150. The van der Waals surface area contributed by atoms with Crippen molar-refractivity contribution < 1.29 is 23.0 Å². The van der Waals surface area contributed by atoms with Gasteiger partial charge in [0.1, 0.15) is 12.0 Å². The van der Waals surface area contributed by atoms with E-state index >= 15 is 0 Å². The molecule has 1 fully saturated rings. The fourth-order valence-electron chi connectivity index (χ4n) is 3.80. The monoisotopic (exact) mass is 527 g/mol. The van der Waals surface area contributed by atoms with Crippen molar-refractivity contribution in [2.24, 2.45) is 0 Å². The van der Waals surface area contributed by atoms with Gasteiger partial charge in [0.05, 0.1) is 17.0 Å². The van der Waals surface area contributed by atoms with E-state index in [1.54, 1.807) is 30.6 Å². The van der Waals surface area contributed by atoms with E-state index in [4.69, 9.17) is 21.7 Å². The molecule has 192 valence electrons. The number of carbonyl (C=O) groups excluding carboxylic acids is 1. The fourth-order valence-corrected chi connectivity index (χ4v) is 3.88. The van der Waals surface area contributed by atoms with Gasteiger partial charge in [0.2, 0.25) is 0 Å². The van der Waals surface area contributed by atoms with Crippen molar-refractivity contribution in [2.75, 3.05) is 11.9 Å². The Hall–Kier alpha value is -3.89. The molecule has 0 radical (unpaired) electrons. The molecule has 11 heteroatoms. The highest BCUT2D eigenvalue weighted by molar-refractivity contribution is 6.20. The molecule has 0 saturated carbocycles. The van der Waals surface area contributed by atoms with Crippen LogP contribution in [0.2, 0.25) is 0 Å². The number of ether oxygens (including phenoxy) is 2. The Morgan fingerprint density at radius 1 is 1.22 bits per heavy atom. The van der Waals surface area contributed by atoms with Crippen LogP contribution in [0.4, 0.5) is 14.5 Å². The number of amides is 1. The molecule has 4 rings (SSSR count). The second kappa shape index (κ2) is 11.9. The zero-order valence-corrected chi connectivity index (χ0v) is 20.3. The first-order valence-corrected chi connectivity index (χ1v) is 11.9. The van der Waals surface area contributed by atoms with E-state index in [1.807, 2.05) is 6.07 Å². The van der Waals surface area contributed by atoms with Crippen LogP contribution in [0.5, 0.6) is 5.75 Å². The molecule has 0 spiro atoms. The van der Waals surface area contributed by atoms with Crippen LogP contribution in [0, 0.1) is 5.41 Å². The van der Waals surface area contributed by atoms with Crippen LogP contribution < -0.4 is 15.4 Å². The first-order chi connectivity index (χ1) is 17.8. The lowest BCUT2D eigenvalue weighted by atomic mass is 10.0. The van der Waals surface area contributed by atoms with Crippen molar-refractivity contribution in [3.63, 3.8) is 0 Å². The van der Waals surface area contributed by atoms with Crippen LogP contribution >= 0.6 is 11.6 Å². The molecule has 1 atom stereocenters. The van der Waals surface area contributed by atoms with Crippen LogP contribution in [0.15, 0.2) is 67.1 Å². The lowest BCUT2D eigenvalue weighted by Crippen LogP contribution is -2.34. The zero-order chi connectivity index (χ0) is 26.3. The average Bonchev–Trinajstić information content (AvgIpc) is 2.89. The average molecular weight is 528 g/mol. The number of pyridine rings is 2. The standard InChI is InChI=1S/C26H24ClF2N5O3/c27-26(28,29)37-20-8-6-19(7-9-20)33-25(35)18-14-21(17-4-3-12-31-15-17)24(32-16-18)22(10-11-30)34-23-5-1-2-13-36-23/h3-4,6-12,14-16,23,30,34H,1-2,5,13H2,(H,33,35)/b22-10-,30-11?. The molecule has 1 unspecified atom stereocenters. The van der Waals surface area contributed by atoms with E-state index in [0.717, 1.165) is 31.0 Å². The highest BCUT2D eigenvalue weighted by atomic mass is 35.5. The van der Waals surface area contributed by atoms with Crippen LogP contribution in [-0.4, -0.2) is 40.5 Å². The summed E-state index contributed by atoms with van der Waals surface area (Å²) in [5.41, 5.74) is -0.731. The summed E-state index contributed by atoms with van der Waals surface area (Å²) in [6.45, 7) is 0.652. The van der Waals surface area contributed by atoms with Gasteiger partial charge >= 0.3 is 5.57 Å². The number of anilines is 1. The molecule has 37 heavy (non-hydrogen) atoms. The maximum absolute atomic E-state index is 13.0. The van der Waals surface area contributed by atoms with Gasteiger partial charge < -0.3 is 25.5 Å². The second-order valence-electron chi connectivity index (χ2n) is 8.13. The van der Waals surface area contributed by atoms with Crippen molar-refractivity contribution >= 4 is 35.1 Å². The summed E-state index contributed by atoms with van der Waals surface area (Å²) in [6, 6.07) is 10.7. The molecule has 0 aliphatic carbocycles. The lowest BCUT2D eigenvalue weighted by molar-refractivity contribution is -0.0964. The van der Waals surface area contributed by atoms with Crippen LogP contribution in [0.1, 0.15) is 35.3 Å². The number of nitrogens with zero attached hydrogens (tertiary/aromatic N) is 2. The molecule has 1 aromatic carbocycles. The summed E-state index contributed by atoms with van der Waals surface area (Å²) in [7, 11) is 0. The second-order valence-corrected chi connectivity index (χ2v) is 8.57. The van der Waals surface area contributed by atoms with Gasteiger partial charge in [0.25, 0.3) is 5.91 Å². The Labute approximate surface area is 217 Å². The van der Waals surface area contributed by atoms with Crippen molar-refractivity contribution in [3.05, 3.63) is 78.4 Å². The van der Waals surface area contributed by atoms with Crippen LogP contribution in [-0.2, 0) is 4.74 Å². The van der Waals surface area contributed by atoms with Gasteiger partial charge in [-0.25, -0.2) is 0 Å². The van der Waals surface area contributed by atoms with Gasteiger partial charge in [-0.15, -0.1) is 8.78 Å². The Morgan fingerprint density at radius 3 is 2.68 bits per heavy atom. The Bertz CT molecular complexity index is 1260. The van der Waals surface area contributed by atoms with Gasteiger partial charge in [-0.1, -0.05) is 6.07 Å². The summed E-state index contributed by atoms with van der Waals surface area (Å²) in [5.74, 6) is -0.607. The summed E-state index contributed by atoms with van der Waals surface area (Å²) < 4.78 is 35.7. The van der Waals surface area contributed by atoms with Crippen LogP contribution in [0.25, 0.3) is 16.8 Å². The Balaban J connectivity index is 1.61. The molecule has 1 saturated heterocycles. The van der Waals surface area contributed by atoms with Crippen molar-refractivity contribution in [1.29, 1.82) is 5.41 Å². The Morgan fingerprint density at radius 2 is 2.03 bits per heavy atom. The molecular weight excluding hydrogens is 504 g/mol. The predicted octanol–water partition coefficient (Wildman–Crippen LogP) is 5.67. The maximum atomic E-state index is 13.0. The lowest BCUT2D eigenvalue weighted by Gasteiger charge is -2.26. The molecule has 3 heterocycles. The number of allylic oxidation sites excluding steroid dienone is 1. The highest BCUT2D eigenvalue weighted by Crippen LogP contribution is 2.29. The summed E-state index contributed by atoms with van der Waals surface area (Å²) in [5, 5.41) is 13.7. The first kappa shape index (κ1) is 26.2. The number of hydrogen-bond donors (Lipinski definition) is 3. The Kier molecular flexibility index (Phi) is 8.42. The van der Waals surface area contributed by atoms with Gasteiger partial charge in [-0.3, -0.25) is 14.8 Å². The minimum atomic E-state index is -3.83. The van der Waals surface area contributed by atoms with Gasteiger partial charge in [0, 0.05) is 59.8 Å². The largest absolute Gasteiger partial charge is 0.487 e. The third-order valence-electron chi connectivity index (χ3n) is 5.47. The normalized spacial score (nSPS) is 16.1. The topological polar surface area (TPSA) is 109 Å². The summed E-state index contributed by atoms with van der Waals surface area (Å²) in [4.78, 5) is 21.8. The SMILES string of the molecule is N=C/C=C(\NC1CCCCO1)c1ncc(C(=O)Nc2ccc(OC(F)(F)Cl)cc2)cc1-c1cccnc1. The van der Waals surface area contributed by atoms with E-state index in [1.165, 1.54) is 30.5 Å². The van der Waals surface area contributed by atoms with Crippen LogP contribution in [0.3, 0.4) is 0 Å². The molecule has 1 amide bonds. The molecule has 3 N–H and O–H groups in total. The predicted molar refractivity (Wildman–Crippen MR) is 137 cm³/mol. The van der Waals surface area contributed by atoms with E-state index in [9.17, 15) is 13.6 Å². The van der Waals surface area contributed by atoms with E-state index < -0.39 is 11.5 Å². The van der Waals surface area contributed by atoms with Crippen molar-refractivity contribution in [2.45, 2.75) is 31.1 Å². The maximum Gasteiger partial charge on any atom is 0.487 e. The third kappa shape index (κ3) is 7.31. The van der Waals surface area contributed by atoms with Gasteiger partial charge in [0.15, 0.2) is 0 Å². The van der Waals surface area contributed by atoms with Gasteiger partial charge in [-0.2, -0.15) is 0 Å². The first-order valence-electron chi connectivity index (χ1n) is 11.5. The zero-order valence-electron chi connectivity index (χ0n) is 19.6. The number of aromatic nitrogens is 2. The van der Waals surface area contributed by atoms with E-state index in [2.05, 4.69) is 25.3 Å². The van der Waals surface area contributed by atoms with Crippen molar-refractivity contribution in [1.82, 2.24) is 15.3 Å². The molecule has 0 bridgehead atoms. The van der Waals surface area contributed by atoms with E-state index in [0.29, 0.717) is 29.2 Å². The fraction of sp³-hybridized carbons (Fsp3) is 0.231. The third-order valence-corrected chi connectivity index (χ3v) is 5.55. The number of benzene rings is 1. The molecule has 8 nitrogen and oxygen atoms in total. The highest BCUT2D eigenvalue weighted by Gasteiger charge is 2.27. The smallest absolute Gasteiger partial charge is 0.420 e. The van der Waals surface area contributed by atoms with Crippen molar-refractivity contribution in [3.8, 4) is 16.9 Å². The quantitative estimate of drug-likeness (QED) is 0.244. The molecule has 3 aromatic rings.